The zero-order valence-electron chi connectivity index (χ0n) is 21.5. The molecule has 0 spiro atoms. The minimum Gasteiger partial charge on any atom is -0.381 e. The maximum absolute atomic E-state index is 12.7. The molecule has 6 rings (SSSR count). The van der Waals surface area contributed by atoms with Crippen molar-refractivity contribution in [1.29, 1.82) is 5.26 Å². The minimum atomic E-state index is 0.0434. The second-order valence-corrected chi connectivity index (χ2v) is 10.2. The summed E-state index contributed by atoms with van der Waals surface area (Å²) in [5.74, 6) is 1.10. The molecule has 0 aromatic carbocycles. The number of hydrogen-bond donors (Lipinski definition) is 1. The van der Waals surface area contributed by atoms with Crippen LogP contribution in [0.15, 0.2) is 49.2 Å². The van der Waals surface area contributed by atoms with Crippen LogP contribution in [0.4, 0.5) is 5.82 Å². The molecule has 0 atom stereocenters. The summed E-state index contributed by atoms with van der Waals surface area (Å²) in [7, 11) is 3.61. The smallest absolute Gasteiger partial charge is 0.223 e. The molecule has 4 aromatic rings. The van der Waals surface area contributed by atoms with Crippen LogP contribution in [0.25, 0.3) is 27.8 Å². The first-order chi connectivity index (χ1) is 18.5. The summed E-state index contributed by atoms with van der Waals surface area (Å²) >= 11 is 0. The summed E-state index contributed by atoms with van der Waals surface area (Å²) in [5, 5.41) is 21.6. The van der Waals surface area contributed by atoms with E-state index in [0.29, 0.717) is 5.56 Å². The largest absolute Gasteiger partial charge is 0.381 e. The Kier molecular flexibility index (Phi) is 6.29. The fraction of sp³-hybridized carbons (Fsp3) is 0.393. The Bertz CT molecular complexity index is 1500. The number of amides is 1. The summed E-state index contributed by atoms with van der Waals surface area (Å²) in [6.07, 6.45) is 12.8. The normalized spacial score (nSPS) is 19.8. The van der Waals surface area contributed by atoms with Crippen molar-refractivity contribution < 1.29 is 9.53 Å². The third kappa shape index (κ3) is 4.50. The molecule has 1 amide bonds. The number of nitrogens with one attached hydrogen (secondary N) is 1. The van der Waals surface area contributed by atoms with Gasteiger partial charge >= 0.3 is 0 Å². The van der Waals surface area contributed by atoms with Crippen molar-refractivity contribution >= 4 is 17.2 Å². The number of piperidine rings is 1. The summed E-state index contributed by atoms with van der Waals surface area (Å²) < 4.78 is 8.82. The van der Waals surface area contributed by atoms with Crippen LogP contribution in [-0.2, 0) is 16.6 Å². The molecule has 194 valence electrons. The number of nitrogens with zero attached hydrogens (tertiary/aromatic N) is 7. The maximum atomic E-state index is 12.7. The molecule has 1 aliphatic heterocycles. The number of hydrogen-bond acceptors (Lipinski definition) is 7. The molecule has 10 heteroatoms. The maximum Gasteiger partial charge on any atom is 0.223 e. The van der Waals surface area contributed by atoms with Gasteiger partial charge in [-0.1, -0.05) is 0 Å². The van der Waals surface area contributed by atoms with E-state index in [1.807, 2.05) is 44.0 Å². The SMILES string of the molecule is CO[C@H]1C[C@@H](NC(=O)C2CCN(c3ccc(-c4cc(-c5cnn(C)c5)cn5ncc(C#N)c45)cn3)CC2)C1. The van der Waals surface area contributed by atoms with Crippen LogP contribution >= 0.6 is 0 Å². The van der Waals surface area contributed by atoms with Crippen molar-refractivity contribution in [3.05, 3.63) is 54.7 Å². The van der Waals surface area contributed by atoms with E-state index in [1.54, 1.807) is 22.5 Å². The number of ether oxygens (including phenoxy) is 1. The number of pyridine rings is 2. The molecule has 1 saturated carbocycles. The fourth-order valence-electron chi connectivity index (χ4n) is 5.45. The Morgan fingerprint density at radius 2 is 1.89 bits per heavy atom. The zero-order chi connectivity index (χ0) is 26.2. The van der Waals surface area contributed by atoms with Gasteiger partial charge in [-0.15, -0.1) is 0 Å². The predicted molar refractivity (Wildman–Crippen MR) is 142 cm³/mol. The number of fused-ring (bicyclic) bond motifs is 1. The molecular formula is C28H30N8O2. The number of nitriles is 1. The quantitative estimate of drug-likeness (QED) is 0.424. The van der Waals surface area contributed by atoms with Crippen LogP contribution in [0.3, 0.4) is 0 Å². The van der Waals surface area contributed by atoms with Gasteiger partial charge in [-0.3, -0.25) is 9.48 Å². The molecule has 38 heavy (non-hydrogen) atoms. The van der Waals surface area contributed by atoms with Crippen LogP contribution in [0.2, 0.25) is 0 Å². The Labute approximate surface area is 220 Å². The lowest BCUT2D eigenvalue weighted by atomic mass is 9.88. The van der Waals surface area contributed by atoms with Crippen LogP contribution in [0.1, 0.15) is 31.2 Å². The van der Waals surface area contributed by atoms with E-state index in [9.17, 15) is 10.1 Å². The lowest BCUT2D eigenvalue weighted by Crippen LogP contribution is -2.50. The highest BCUT2D eigenvalue weighted by Gasteiger charge is 2.33. The van der Waals surface area contributed by atoms with Crippen molar-refractivity contribution in [3.8, 4) is 28.3 Å². The number of carbonyl (C=O) groups excluding carboxylic acids is 1. The van der Waals surface area contributed by atoms with Gasteiger partial charge in [-0.2, -0.15) is 15.5 Å². The van der Waals surface area contributed by atoms with Crippen LogP contribution in [0.5, 0.6) is 0 Å². The van der Waals surface area contributed by atoms with Crippen molar-refractivity contribution in [2.75, 3.05) is 25.1 Å². The summed E-state index contributed by atoms with van der Waals surface area (Å²) in [6.45, 7) is 1.58. The third-order valence-corrected chi connectivity index (χ3v) is 7.79. The molecular weight excluding hydrogens is 480 g/mol. The Hall–Kier alpha value is -4.23. The molecule has 2 aliphatic rings. The van der Waals surface area contributed by atoms with Gasteiger partial charge < -0.3 is 15.0 Å². The van der Waals surface area contributed by atoms with E-state index in [4.69, 9.17) is 9.72 Å². The Balaban J connectivity index is 1.18. The number of carbonyl (C=O) groups is 1. The molecule has 0 radical (unpaired) electrons. The number of rotatable bonds is 6. The average molecular weight is 511 g/mol. The molecule has 1 N–H and O–H groups in total. The zero-order valence-corrected chi connectivity index (χ0v) is 21.5. The van der Waals surface area contributed by atoms with Crippen LogP contribution in [-0.4, -0.2) is 62.6 Å². The third-order valence-electron chi connectivity index (χ3n) is 7.79. The molecule has 4 aromatic heterocycles. The lowest BCUT2D eigenvalue weighted by Gasteiger charge is -2.37. The van der Waals surface area contributed by atoms with Crippen molar-refractivity contribution in [2.24, 2.45) is 13.0 Å². The first-order valence-electron chi connectivity index (χ1n) is 13.0. The molecule has 1 aliphatic carbocycles. The average Bonchev–Trinajstić information content (AvgIpc) is 3.56. The van der Waals surface area contributed by atoms with Gasteiger partial charge in [-0.05, 0) is 43.9 Å². The first kappa shape index (κ1) is 24.1. The van der Waals surface area contributed by atoms with Gasteiger partial charge in [0.25, 0.3) is 0 Å². The predicted octanol–water partition coefficient (Wildman–Crippen LogP) is 3.18. The second-order valence-electron chi connectivity index (χ2n) is 10.2. The Morgan fingerprint density at radius 3 is 2.55 bits per heavy atom. The van der Waals surface area contributed by atoms with E-state index in [1.165, 1.54) is 0 Å². The van der Waals surface area contributed by atoms with Crippen molar-refractivity contribution in [2.45, 2.75) is 37.8 Å². The Morgan fingerprint density at radius 1 is 1.08 bits per heavy atom. The molecule has 0 bridgehead atoms. The summed E-state index contributed by atoms with van der Waals surface area (Å²) in [5.41, 5.74) is 4.99. The van der Waals surface area contributed by atoms with E-state index in [-0.39, 0.29) is 24.0 Å². The van der Waals surface area contributed by atoms with Gasteiger partial charge in [0.2, 0.25) is 5.91 Å². The van der Waals surface area contributed by atoms with E-state index in [0.717, 1.165) is 72.4 Å². The van der Waals surface area contributed by atoms with Gasteiger partial charge in [0, 0.05) is 80.1 Å². The summed E-state index contributed by atoms with van der Waals surface area (Å²) in [4.78, 5) is 19.7. The lowest BCUT2D eigenvalue weighted by molar-refractivity contribution is -0.128. The van der Waals surface area contributed by atoms with Crippen molar-refractivity contribution in [3.63, 3.8) is 0 Å². The van der Waals surface area contributed by atoms with E-state index >= 15 is 0 Å². The first-order valence-corrected chi connectivity index (χ1v) is 13.0. The monoisotopic (exact) mass is 510 g/mol. The highest BCUT2D eigenvalue weighted by Crippen LogP contribution is 2.33. The van der Waals surface area contributed by atoms with Crippen LogP contribution in [0, 0.1) is 17.2 Å². The molecule has 1 saturated heterocycles. The highest BCUT2D eigenvalue weighted by molar-refractivity contribution is 5.87. The molecule has 0 unspecified atom stereocenters. The van der Waals surface area contributed by atoms with Crippen LogP contribution < -0.4 is 10.2 Å². The number of methoxy groups -OCH3 is 1. The van der Waals surface area contributed by atoms with E-state index < -0.39 is 0 Å². The highest BCUT2D eigenvalue weighted by atomic mass is 16.5. The van der Waals surface area contributed by atoms with Gasteiger partial charge in [-0.25, -0.2) is 9.50 Å². The standard InChI is InChI=1S/C28H30N8O2/c1-34-16-22(15-31-34)20-9-25(27-21(12-29)14-32-36(27)17-20)19-3-4-26(30-13-19)35-7-5-18(6-8-35)28(37)33-23-10-24(11-23)38-2/h3-4,9,13-18,23-24H,5-8,10-11H2,1-2H3,(H,33,37)/t23-,24+. The summed E-state index contributed by atoms with van der Waals surface area (Å²) in [6, 6.07) is 8.63. The van der Waals surface area contributed by atoms with E-state index in [2.05, 4.69) is 32.5 Å². The minimum absolute atomic E-state index is 0.0434. The van der Waals surface area contributed by atoms with Gasteiger partial charge in [0.05, 0.1) is 29.6 Å². The van der Waals surface area contributed by atoms with Gasteiger partial charge in [0.15, 0.2) is 0 Å². The molecule has 10 nitrogen and oxygen atoms in total. The van der Waals surface area contributed by atoms with Crippen molar-refractivity contribution in [1.82, 2.24) is 29.7 Å². The molecule has 2 fully saturated rings. The fourth-order valence-corrected chi connectivity index (χ4v) is 5.45. The van der Waals surface area contributed by atoms with Gasteiger partial charge in [0.1, 0.15) is 11.9 Å². The topological polar surface area (TPSA) is 113 Å². The number of aryl methyl sites for hydroxylation is 1. The second kappa shape index (κ2) is 9.91. The number of anilines is 1. The molecule has 5 heterocycles. The number of aromatic nitrogens is 5.